The highest BCUT2D eigenvalue weighted by molar-refractivity contribution is 5.85. The van der Waals surface area contributed by atoms with Crippen LogP contribution in [0.2, 0.25) is 0 Å². The average Bonchev–Trinajstić information content (AvgIpc) is 2.47. The van der Waals surface area contributed by atoms with Crippen LogP contribution >= 0.6 is 24.8 Å². The third-order valence-electron chi connectivity index (χ3n) is 4.33. The summed E-state index contributed by atoms with van der Waals surface area (Å²) < 4.78 is 0. The van der Waals surface area contributed by atoms with Gasteiger partial charge in [-0.1, -0.05) is 36.4 Å². The van der Waals surface area contributed by atoms with E-state index in [1.807, 2.05) is 6.07 Å². The molecule has 0 saturated carbocycles. The fraction of sp³-hybridized carbons (Fsp3) is 0.333. The highest BCUT2D eigenvalue weighted by Gasteiger charge is 2.22. The molecular formula is C18H24Cl2N2. The number of rotatable bonds is 3. The van der Waals surface area contributed by atoms with Crippen molar-refractivity contribution in [2.24, 2.45) is 0 Å². The zero-order valence-corrected chi connectivity index (χ0v) is 14.5. The Morgan fingerprint density at radius 2 is 1.77 bits per heavy atom. The molecule has 1 aliphatic rings. The van der Waals surface area contributed by atoms with Crippen molar-refractivity contribution >= 4 is 30.5 Å². The number of nitrogen functional groups attached to an aromatic ring is 1. The van der Waals surface area contributed by atoms with Gasteiger partial charge in [-0.05, 0) is 55.1 Å². The van der Waals surface area contributed by atoms with Gasteiger partial charge >= 0.3 is 0 Å². The second-order valence-electron chi connectivity index (χ2n) is 5.83. The number of hydrogen-bond acceptors (Lipinski definition) is 2. The lowest BCUT2D eigenvalue weighted by Gasteiger charge is -2.32. The average molecular weight is 339 g/mol. The van der Waals surface area contributed by atoms with Crippen LogP contribution in [0.5, 0.6) is 0 Å². The molecule has 0 amide bonds. The topological polar surface area (TPSA) is 29.3 Å². The van der Waals surface area contributed by atoms with Gasteiger partial charge < -0.3 is 5.73 Å². The van der Waals surface area contributed by atoms with Crippen LogP contribution in [0.15, 0.2) is 48.5 Å². The van der Waals surface area contributed by atoms with E-state index in [0.717, 1.165) is 18.7 Å². The highest BCUT2D eigenvalue weighted by atomic mass is 35.5. The number of nitrogens with two attached hydrogens (primary N) is 1. The number of nitrogens with zero attached hydrogens (tertiary/aromatic N) is 1. The first-order chi connectivity index (χ1) is 9.72. The maximum Gasteiger partial charge on any atom is 0.0316 e. The normalized spacial score (nSPS) is 16.4. The molecule has 0 heterocycles. The fourth-order valence-corrected chi connectivity index (χ4v) is 3.13. The first-order valence-corrected chi connectivity index (χ1v) is 7.34. The van der Waals surface area contributed by atoms with E-state index in [1.165, 1.54) is 29.5 Å². The van der Waals surface area contributed by atoms with E-state index in [1.54, 1.807) is 0 Å². The van der Waals surface area contributed by atoms with Crippen LogP contribution in [0.25, 0.3) is 0 Å². The zero-order valence-electron chi connectivity index (χ0n) is 12.9. The molecule has 1 aliphatic carbocycles. The van der Waals surface area contributed by atoms with Crippen molar-refractivity contribution in [2.75, 3.05) is 12.8 Å². The number of hydrogen-bond donors (Lipinski definition) is 1. The lowest BCUT2D eigenvalue weighted by atomic mass is 9.87. The number of aryl methyl sites for hydroxylation is 1. The Morgan fingerprint density at radius 1 is 1.05 bits per heavy atom. The number of fused-ring (bicyclic) bond motifs is 1. The van der Waals surface area contributed by atoms with Crippen molar-refractivity contribution in [3.63, 3.8) is 0 Å². The van der Waals surface area contributed by atoms with Gasteiger partial charge in [0.1, 0.15) is 0 Å². The van der Waals surface area contributed by atoms with Crippen LogP contribution in [0, 0.1) is 0 Å². The maximum absolute atomic E-state index is 5.91. The molecule has 0 spiro atoms. The molecule has 2 aromatic rings. The third kappa shape index (κ3) is 4.39. The van der Waals surface area contributed by atoms with E-state index >= 15 is 0 Å². The second kappa shape index (κ2) is 8.42. The van der Waals surface area contributed by atoms with E-state index in [0.29, 0.717) is 6.04 Å². The molecule has 3 rings (SSSR count). The number of halogens is 2. The molecule has 0 bridgehead atoms. The Morgan fingerprint density at radius 3 is 2.50 bits per heavy atom. The molecule has 0 fully saturated rings. The lowest BCUT2D eigenvalue weighted by Crippen LogP contribution is -2.36. The third-order valence-corrected chi connectivity index (χ3v) is 4.33. The minimum Gasteiger partial charge on any atom is -0.399 e. The molecule has 4 heteroatoms. The van der Waals surface area contributed by atoms with Crippen molar-refractivity contribution in [1.29, 1.82) is 0 Å². The smallest absolute Gasteiger partial charge is 0.0316 e. The Kier molecular flexibility index (Phi) is 7.21. The van der Waals surface area contributed by atoms with Crippen molar-refractivity contribution in [2.45, 2.75) is 31.8 Å². The predicted octanol–water partition coefficient (Wildman–Crippen LogP) is 4.10. The van der Waals surface area contributed by atoms with Gasteiger partial charge in [0.2, 0.25) is 0 Å². The fourth-order valence-electron chi connectivity index (χ4n) is 3.13. The molecule has 2 N–H and O–H groups in total. The molecular weight excluding hydrogens is 315 g/mol. The van der Waals surface area contributed by atoms with E-state index in [2.05, 4.69) is 54.4 Å². The summed E-state index contributed by atoms with van der Waals surface area (Å²) in [6.45, 7) is 1.02. The summed E-state index contributed by atoms with van der Waals surface area (Å²) in [4.78, 5) is 2.47. The van der Waals surface area contributed by atoms with E-state index in [9.17, 15) is 0 Å². The summed E-state index contributed by atoms with van der Waals surface area (Å²) in [5.74, 6) is 0. The Bertz CT molecular complexity index is 587. The van der Waals surface area contributed by atoms with Gasteiger partial charge in [-0.3, -0.25) is 4.90 Å². The summed E-state index contributed by atoms with van der Waals surface area (Å²) in [6.07, 6.45) is 3.52. The Balaban J connectivity index is 0.00000121. The number of anilines is 1. The number of likely N-dealkylation sites (N-methyl/N-ethyl adjacent to an activating group) is 1. The summed E-state index contributed by atoms with van der Waals surface area (Å²) in [5, 5.41) is 0. The van der Waals surface area contributed by atoms with Gasteiger partial charge in [0.25, 0.3) is 0 Å². The summed E-state index contributed by atoms with van der Waals surface area (Å²) in [5.41, 5.74) is 11.1. The second-order valence-corrected chi connectivity index (χ2v) is 5.83. The molecule has 2 nitrogen and oxygen atoms in total. The van der Waals surface area contributed by atoms with Crippen molar-refractivity contribution < 1.29 is 0 Å². The standard InChI is InChI=1S/C18H22N2.2ClH/c1-20(13-14-5-3-2-4-6-14)18-10-8-15-7-9-17(19)11-16(15)12-18;;/h2-7,9,11,18H,8,10,12-13,19H2,1H3;2*1H. The zero-order chi connectivity index (χ0) is 13.9. The van der Waals surface area contributed by atoms with Gasteiger partial charge in [-0.2, -0.15) is 0 Å². The summed E-state index contributed by atoms with van der Waals surface area (Å²) in [6, 6.07) is 17.7. The molecule has 2 aromatic carbocycles. The largest absolute Gasteiger partial charge is 0.399 e. The lowest BCUT2D eigenvalue weighted by molar-refractivity contribution is 0.214. The molecule has 1 unspecified atom stereocenters. The van der Waals surface area contributed by atoms with Crippen LogP contribution in [0.4, 0.5) is 5.69 Å². The number of benzene rings is 2. The van der Waals surface area contributed by atoms with Crippen LogP contribution in [0.1, 0.15) is 23.1 Å². The molecule has 0 radical (unpaired) electrons. The van der Waals surface area contributed by atoms with E-state index in [4.69, 9.17) is 5.73 Å². The van der Waals surface area contributed by atoms with Gasteiger partial charge in [-0.15, -0.1) is 24.8 Å². The highest BCUT2D eigenvalue weighted by Crippen LogP contribution is 2.26. The first kappa shape index (κ1) is 18.8. The molecule has 0 aromatic heterocycles. The molecule has 120 valence electrons. The van der Waals surface area contributed by atoms with Crippen LogP contribution in [0.3, 0.4) is 0 Å². The minimum absolute atomic E-state index is 0. The maximum atomic E-state index is 5.91. The Hall–Kier alpha value is -1.22. The van der Waals surface area contributed by atoms with Gasteiger partial charge in [0, 0.05) is 18.3 Å². The van der Waals surface area contributed by atoms with Gasteiger partial charge in [0.05, 0.1) is 0 Å². The first-order valence-electron chi connectivity index (χ1n) is 7.34. The predicted molar refractivity (Wildman–Crippen MR) is 99.1 cm³/mol. The minimum atomic E-state index is 0. The van der Waals surface area contributed by atoms with Crippen LogP contribution in [-0.2, 0) is 19.4 Å². The van der Waals surface area contributed by atoms with Crippen LogP contribution < -0.4 is 5.73 Å². The van der Waals surface area contributed by atoms with Crippen molar-refractivity contribution in [3.8, 4) is 0 Å². The van der Waals surface area contributed by atoms with E-state index < -0.39 is 0 Å². The molecule has 0 saturated heterocycles. The Labute approximate surface area is 145 Å². The monoisotopic (exact) mass is 338 g/mol. The van der Waals surface area contributed by atoms with Gasteiger partial charge in [0.15, 0.2) is 0 Å². The SMILES string of the molecule is CN(Cc1ccccc1)C1CCc2ccc(N)cc2C1.Cl.Cl. The molecule has 22 heavy (non-hydrogen) atoms. The molecule has 0 aliphatic heterocycles. The van der Waals surface area contributed by atoms with Crippen molar-refractivity contribution in [1.82, 2.24) is 4.90 Å². The van der Waals surface area contributed by atoms with Gasteiger partial charge in [-0.25, -0.2) is 0 Å². The van der Waals surface area contributed by atoms with E-state index in [-0.39, 0.29) is 24.8 Å². The summed E-state index contributed by atoms with van der Waals surface area (Å²) >= 11 is 0. The molecule has 1 atom stereocenters. The van der Waals surface area contributed by atoms with Crippen LogP contribution in [-0.4, -0.2) is 18.0 Å². The van der Waals surface area contributed by atoms with Crippen molar-refractivity contribution in [3.05, 3.63) is 65.2 Å². The quantitative estimate of drug-likeness (QED) is 0.853. The summed E-state index contributed by atoms with van der Waals surface area (Å²) in [7, 11) is 2.23.